The third-order valence-corrected chi connectivity index (χ3v) is 4.39. The Morgan fingerprint density at radius 3 is 2.70 bits per heavy atom. The van der Waals surface area contributed by atoms with Crippen LogP contribution in [0.5, 0.6) is 0 Å². The predicted octanol–water partition coefficient (Wildman–Crippen LogP) is -0.0198. The number of carbonyl (C=O) groups is 2. The zero-order valence-corrected chi connectivity index (χ0v) is 14.0. The van der Waals surface area contributed by atoms with Crippen LogP contribution in [0.25, 0.3) is 0 Å². The molecule has 0 saturated carbocycles. The van der Waals surface area contributed by atoms with Crippen LogP contribution in [0.4, 0.5) is 0 Å². The van der Waals surface area contributed by atoms with Gasteiger partial charge >= 0.3 is 0 Å². The van der Waals surface area contributed by atoms with Crippen LogP contribution >= 0.6 is 0 Å². The van der Waals surface area contributed by atoms with Crippen LogP contribution in [0.3, 0.4) is 0 Å². The van der Waals surface area contributed by atoms with E-state index in [2.05, 4.69) is 0 Å². The molecule has 2 fully saturated rings. The molecule has 2 amide bonds. The second-order valence-electron chi connectivity index (χ2n) is 6.52. The molecule has 0 spiro atoms. The summed E-state index contributed by atoms with van der Waals surface area (Å²) in [5.74, 6) is -0.186. The monoisotopic (exact) mass is 327 g/mol. The Morgan fingerprint density at radius 2 is 2.00 bits per heavy atom. The summed E-state index contributed by atoms with van der Waals surface area (Å²) in [4.78, 5) is 27.0. The lowest BCUT2D eigenvalue weighted by Gasteiger charge is -2.35. The fraction of sp³-hybridized carbons (Fsp3) is 0.875. The van der Waals surface area contributed by atoms with Gasteiger partial charge in [-0.15, -0.1) is 0 Å². The first-order valence-corrected chi connectivity index (χ1v) is 8.52. The zero-order valence-electron chi connectivity index (χ0n) is 14.0. The molecule has 2 N–H and O–H groups in total. The van der Waals surface area contributed by atoms with Gasteiger partial charge in [0, 0.05) is 32.7 Å². The van der Waals surface area contributed by atoms with Crippen molar-refractivity contribution < 1.29 is 19.1 Å². The average Bonchev–Trinajstić information content (AvgIpc) is 2.53. The van der Waals surface area contributed by atoms with E-state index in [0.29, 0.717) is 32.7 Å². The van der Waals surface area contributed by atoms with E-state index < -0.39 is 0 Å². The maximum Gasteiger partial charge on any atom is 0.231 e. The normalized spacial score (nSPS) is 25.6. The van der Waals surface area contributed by atoms with Crippen LogP contribution in [0.15, 0.2) is 0 Å². The predicted molar refractivity (Wildman–Crippen MR) is 85.8 cm³/mol. The lowest BCUT2D eigenvalue weighted by molar-refractivity contribution is -0.140. The summed E-state index contributed by atoms with van der Waals surface area (Å²) < 4.78 is 11.4. The second-order valence-corrected chi connectivity index (χ2v) is 6.52. The first kappa shape index (κ1) is 18.2. The molecule has 2 heterocycles. The lowest BCUT2D eigenvalue weighted by Crippen LogP contribution is -2.50. The van der Waals surface area contributed by atoms with E-state index >= 15 is 0 Å². The zero-order chi connectivity index (χ0) is 16.7. The molecular weight excluding hydrogens is 298 g/mol. The van der Waals surface area contributed by atoms with E-state index in [4.69, 9.17) is 15.2 Å². The number of primary amides is 1. The number of amides is 2. The smallest absolute Gasteiger partial charge is 0.231 e. The third-order valence-electron chi connectivity index (χ3n) is 4.39. The number of nitrogens with two attached hydrogens (primary N) is 1. The van der Waals surface area contributed by atoms with Crippen LogP contribution in [0.1, 0.15) is 32.1 Å². The van der Waals surface area contributed by atoms with E-state index in [1.807, 2.05) is 16.8 Å². The van der Waals surface area contributed by atoms with Crippen LogP contribution < -0.4 is 5.73 Å². The number of ether oxygens (including phenoxy) is 2. The lowest BCUT2D eigenvalue weighted by atomic mass is 10.0. The largest absolute Gasteiger partial charge is 0.378 e. The van der Waals surface area contributed by atoms with Crippen molar-refractivity contribution in [3.8, 4) is 0 Å². The summed E-state index contributed by atoms with van der Waals surface area (Å²) in [7, 11) is 1.83. The molecule has 0 aromatic carbocycles. The first-order chi connectivity index (χ1) is 11.0. The number of rotatable bonds is 7. The van der Waals surface area contributed by atoms with Crippen molar-refractivity contribution in [2.24, 2.45) is 5.73 Å². The molecule has 0 aromatic heterocycles. The van der Waals surface area contributed by atoms with Gasteiger partial charge in [-0.2, -0.15) is 0 Å². The number of carbonyl (C=O) groups excluding carboxylic acids is 2. The number of hydrogen-bond acceptors (Lipinski definition) is 5. The van der Waals surface area contributed by atoms with Crippen molar-refractivity contribution in [3.05, 3.63) is 0 Å². The maximum absolute atomic E-state index is 12.4. The van der Waals surface area contributed by atoms with Gasteiger partial charge in [-0.1, -0.05) is 0 Å². The molecule has 2 saturated heterocycles. The molecule has 2 aliphatic heterocycles. The molecule has 0 aromatic rings. The molecule has 23 heavy (non-hydrogen) atoms. The molecule has 132 valence electrons. The van der Waals surface area contributed by atoms with Crippen molar-refractivity contribution in [3.63, 3.8) is 0 Å². The Labute approximate surface area is 138 Å². The molecule has 0 bridgehead atoms. The van der Waals surface area contributed by atoms with E-state index in [1.165, 1.54) is 6.42 Å². The van der Waals surface area contributed by atoms with Crippen molar-refractivity contribution in [1.29, 1.82) is 0 Å². The van der Waals surface area contributed by atoms with Crippen molar-refractivity contribution in [2.75, 3.05) is 46.4 Å². The molecule has 0 unspecified atom stereocenters. The van der Waals surface area contributed by atoms with Gasteiger partial charge in [0.2, 0.25) is 11.8 Å². The second kappa shape index (κ2) is 9.20. The summed E-state index contributed by atoms with van der Waals surface area (Å²) in [5.41, 5.74) is 5.19. The summed E-state index contributed by atoms with van der Waals surface area (Å²) in [6.45, 7) is 3.38. The van der Waals surface area contributed by atoms with Crippen LogP contribution in [-0.4, -0.2) is 80.3 Å². The highest BCUT2D eigenvalue weighted by atomic mass is 16.5. The van der Waals surface area contributed by atoms with Gasteiger partial charge in [0.15, 0.2) is 0 Å². The number of morpholine rings is 1. The fourth-order valence-electron chi connectivity index (χ4n) is 3.21. The molecule has 2 rings (SSSR count). The van der Waals surface area contributed by atoms with Crippen molar-refractivity contribution in [2.45, 2.75) is 44.3 Å². The van der Waals surface area contributed by atoms with E-state index in [0.717, 1.165) is 25.9 Å². The van der Waals surface area contributed by atoms with E-state index in [-0.39, 0.29) is 30.6 Å². The molecule has 7 nitrogen and oxygen atoms in total. The van der Waals surface area contributed by atoms with Gasteiger partial charge in [-0.05, 0) is 32.7 Å². The Bertz CT molecular complexity index is 399. The topological polar surface area (TPSA) is 85.1 Å². The molecule has 7 heteroatoms. The van der Waals surface area contributed by atoms with Gasteiger partial charge < -0.3 is 20.1 Å². The van der Waals surface area contributed by atoms with Crippen molar-refractivity contribution in [1.82, 2.24) is 9.80 Å². The van der Waals surface area contributed by atoms with Gasteiger partial charge in [0.05, 0.1) is 25.4 Å². The highest BCUT2D eigenvalue weighted by Gasteiger charge is 2.26. The van der Waals surface area contributed by atoms with Crippen LogP contribution in [-0.2, 0) is 19.1 Å². The minimum absolute atomic E-state index is 0.0667. The molecule has 0 radical (unpaired) electrons. The fourth-order valence-corrected chi connectivity index (χ4v) is 3.21. The first-order valence-electron chi connectivity index (χ1n) is 8.52. The summed E-state index contributed by atoms with van der Waals surface area (Å²) in [5, 5.41) is 0. The molecule has 2 aliphatic rings. The highest BCUT2D eigenvalue weighted by Crippen LogP contribution is 2.18. The quantitative estimate of drug-likeness (QED) is 0.710. The molecule has 0 aliphatic carbocycles. The van der Waals surface area contributed by atoms with Crippen molar-refractivity contribution >= 4 is 11.8 Å². The molecule has 2 atom stereocenters. The van der Waals surface area contributed by atoms with Gasteiger partial charge in [0.1, 0.15) is 0 Å². The minimum Gasteiger partial charge on any atom is -0.378 e. The minimum atomic E-state index is -0.358. The average molecular weight is 327 g/mol. The molecular formula is C16H29N3O4. The third kappa shape index (κ3) is 6.45. The number of likely N-dealkylation sites (N-methyl/N-ethyl adjacent to an activating group) is 1. The SMILES string of the molecule is CN(CC(N)=O)C[C@H]1CN(C(=O)CC[C@H]2CCCCO2)CCO1. The maximum atomic E-state index is 12.4. The summed E-state index contributed by atoms with van der Waals surface area (Å²) >= 11 is 0. The standard InChI is InChI=1S/C16H29N3O4/c1-18(12-15(17)20)10-14-11-19(7-9-23-14)16(21)6-5-13-4-2-3-8-22-13/h13-14H,2-12H2,1H3,(H2,17,20)/t13-,14+/m1/s1. The summed E-state index contributed by atoms with van der Waals surface area (Å²) in [6, 6.07) is 0. The van der Waals surface area contributed by atoms with E-state index in [9.17, 15) is 9.59 Å². The van der Waals surface area contributed by atoms with Crippen LogP contribution in [0.2, 0.25) is 0 Å². The summed E-state index contributed by atoms with van der Waals surface area (Å²) in [6.07, 6.45) is 4.92. The number of hydrogen-bond donors (Lipinski definition) is 1. The Hall–Kier alpha value is -1.18. The van der Waals surface area contributed by atoms with Gasteiger partial charge in [-0.3, -0.25) is 14.5 Å². The number of nitrogens with zero attached hydrogens (tertiary/aromatic N) is 2. The Kier molecular flexibility index (Phi) is 7.26. The van der Waals surface area contributed by atoms with Gasteiger partial charge in [0.25, 0.3) is 0 Å². The van der Waals surface area contributed by atoms with Gasteiger partial charge in [-0.25, -0.2) is 0 Å². The highest BCUT2D eigenvalue weighted by molar-refractivity contribution is 5.76. The van der Waals surface area contributed by atoms with Crippen LogP contribution in [0, 0.1) is 0 Å². The van der Waals surface area contributed by atoms with E-state index in [1.54, 1.807) is 0 Å². The Morgan fingerprint density at radius 1 is 1.22 bits per heavy atom. The Balaban J connectivity index is 1.71.